The van der Waals surface area contributed by atoms with Crippen LogP contribution in [0.3, 0.4) is 0 Å². The molecule has 0 saturated heterocycles. The van der Waals surface area contributed by atoms with E-state index in [0.717, 1.165) is 10.9 Å². The minimum absolute atomic E-state index is 0.669. The van der Waals surface area contributed by atoms with Gasteiger partial charge in [0, 0.05) is 11.3 Å². The Labute approximate surface area is 106 Å². The molecule has 0 aromatic carbocycles. The third-order valence-electron chi connectivity index (χ3n) is 2.95. The minimum Gasteiger partial charge on any atom is -0.313 e. The van der Waals surface area contributed by atoms with Gasteiger partial charge in [-0.15, -0.1) is 0 Å². The van der Waals surface area contributed by atoms with E-state index < -0.39 is 0 Å². The molecule has 1 aromatic rings. The Bertz CT molecular complexity index is 289. The van der Waals surface area contributed by atoms with Gasteiger partial charge in [-0.1, -0.05) is 31.5 Å². The minimum atomic E-state index is 0.669. The zero-order valence-corrected chi connectivity index (χ0v) is 11.3. The Balaban J connectivity index is 1.88. The molecule has 5 heteroatoms. The van der Waals surface area contributed by atoms with Crippen molar-refractivity contribution in [2.75, 3.05) is 6.54 Å². The average molecular weight is 257 g/mol. The van der Waals surface area contributed by atoms with Crippen LogP contribution >= 0.6 is 23.3 Å². The Morgan fingerprint density at radius 1 is 1.50 bits per heavy atom. The van der Waals surface area contributed by atoms with Crippen LogP contribution < -0.4 is 5.32 Å². The monoisotopic (exact) mass is 257 g/mol. The maximum atomic E-state index is 4.27. The van der Waals surface area contributed by atoms with Crippen LogP contribution in [0.1, 0.15) is 39.0 Å². The van der Waals surface area contributed by atoms with Crippen molar-refractivity contribution in [3.05, 3.63) is 6.33 Å². The lowest BCUT2D eigenvalue weighted by Gasteiger charge is -2.31. The van der Waals surface area contributed by atoms with E-state index >= 15 is 0 Å². The van der Waals surface area contributed by atoms with Gasteiger partial charge in [0.1, 0.15) is 6.33 Å². The van der Waals surface area contributed by atoms with E-state index in [-0.39, 0.29) is 0 Å². The number of hydrogen-bond acceptors (Lipinski definition) is 5. The zero-order chi connectivity index (χ0) is 11.2. The lowest BCUT2D eigenvalue weighted by Crippen LogP contribution is -2.40. The average Bonchev–Trinajstić information content (AvgIpc) is 2.81. The van der Waals surface area contributed by atoms with Crippen molar-refractivity contribution in [2.24, 2.45) is 0 Å². The second-order valence-electron chi connectivity index (χ2n) is 4.21. The molecule has 0 radical (unpaired) electrons. The summed E-state index contributed by atoms with van der Waals surface area (Å²) in [5, 5.41) is 4.36. The summed E-state index contributed by atoms with van der Waals surface area (Å²) in [6.07, 6.45) is 8.23. The Morgan fingerprint density at radius 3 is 3.12 bits per heavy atom. The number of rotatable bonds is 5. The standard InChI is InChI=1S/C11H19N3S2/c1-2-7-12-9-5-3-4-6-10(9)15-11-13-8-14-16-11/h8-10,12H,2-7H2,1H3. The van der Waals surface area contributed by atoms with E-state index in [1.165, 1.54) is 43.6 Å². The van der Waals surface area contributed by atoms with Crippen molar-refractivity contribution in [2.45, 2.75) is 54.7 Å². The Kier molecular flexibility index (Phi) is 5.06. The summed E-state index contributed by atoms with van der Waals surface area (Å²) >= 11 is 3.43. The van der Waals surface area contributed by atoms with Gasteiger partial charge >= 0.3 is 0 Å². The molecule has 16 heavy (non-hydrogen) atoms. The van der Waals surface area contributed by atoms with Crippen LogP contribution in [-0.2, 0) is 0 Å². The first-order valence-electron chi connectivity index (χ1n) is 6.07. The highest BCUT2D eigenvalue weighted by atomic mass is 32.2. The highest BCUT2D eigenvalue weighted by Crippen LogP contribution is 2.34. The van der Waals surface area contributed by atoms with E-state index in [2.05, 4.69) is 21.6 Å². The van der Waals surface area contributed by atoms with Crippen LogP contribution in [0, 0.1) is 0 Å². The van der Waals surface area contributed by atoms with E-state index in [0.29, 0.717) is 11.3 Å². The van der Waals surface area contributed by atoms with Crippen molar-refractivity contribution < 1.29 is 0 Å². The lowest BCUT2D eigenvalue weighted by atomic mass is 9.95. The maximum absolute atomic E-state index is 4.27. The van der Waals surface area contributed by atoms with Crippen LogP contribution in [0.25, 0.3) is 0 Å². The third-order valence-corrected chi connectivity index (χ3v) is 5.10. The molecule has 2 unspecified atom stereocenters. The quantitative estimate of drug-likeness (QED) is 0.880. The Morgan fingerprint density at radius 2 is 2.38 bits per heavy atom. The van der Waals surface area contributed by atoms with Gasteiger partial charge in [0.2, 0.25) is 0 Å². The van der Waals surface area contributed by atoms with Gasteiger partial charge in [0.05, 0.1) is 0 Å². The summed E-state index contributed by atoms with van der Waals surface area (Å²) in [4.78, 5) is 4.27. The Hall–Kier alpha value is -0.130. The molecule has 1 aromatic heterocycles. The van der Waals surface area contributed by atoms with Crippen molar-refractivity contribution in [1.82, 2.24) is 14.7 Å². The molecule has 1 saturated carbocycles. The highest BCUT2D eigenvalue weighted by Gasteiger charge is 2.26. The van der Waals surface area contributed by atoms with Gasteiger partial charge in [-0.2, -0.15) is 4.37 Å². The second kappa shape index (κ2) is 6.57. The van der Waals surface area contributed by atoms with E-state index in [1.807, 2.05) is 11.8 Å². The van der Waals surface area contributed by atoms with Gasteiger partial charge in [0.15, 0.2) is 4.34 Å². The van der Waals surface area contributed by atoms with Crippen LogP contribution in [-0.4, -0.2) is 27.2 Å². The van der Waals surface area contributed by atoms with E-state index in [1.54, 1.807) is 6.33 Å². The normalized spacial score (nSPS) is 25.8. The molecule has 0 spiro atoms. The number of nitrogens with one attached hydrogen (secondary N) is 1. The summed E-state index contributed by atoms with van der Waals surface area (Å²) in [7, 11) is 0. The molecule has 1 fully saturated rings. The van der Waals surface area contributed by atoms with Gasteiger partial charge in [-0.25, -0.2) is 4.98 Å². The summed E-state index contributed by atoms with van der Waals surface area (Å²) in [6.45, 7) is 3.36. The molecule has 0 aliphatic heterocycles. The fraction of sp³-hybridized carbons (Fsp3) is 0.818. The van der Waals surface area contributed by atoms with Crippen molar-refractivity contribution >= 4 is 23.3 Å². The number of nitrogens with zero attached hydrogens (tertiary/aromatic N) is 2. The molecule has 2 atom stereocenters. The van der Waals surface area contributed by atoms with Crippen molar-refractivity contribution in [3.8, 4) is 0 Å². The van der Waals surface area contributed by atoms with Crippen LogP contribution in [0.4, 0.5) is 0 Å². The summed E-state index contributed by atoms with van der Waals surface area (Å²) in [6, 6.07) is 0.669. The summed E-state index contributed by atoms with van der Waals surface area (Å²) in [5.74, 6) is 0. The van der Waals surface area contributed by atoms with Crippen molar-refractivity contribution in [1.29, 1.82) is 0 Å². The summed E-state index contributed by atoms with van der Waals surface area (Å²) in [5.41, 5.74) is 0. The molecule has 0 amide bonds. The third kappa shape index (κ3) is 3.43. The maximum Gasteiger partial charge on any atom is 0.170 e. The fourth-order valence-electron chi connectivity index (χ4n) is 2.15. The fourth-order valence-corrected chi connectivity index (χ4v) is 4.14. The van der Waals surface area contributed by atoms with Crippen LogP contribution in [0.5, 0.6) is 0 Å². The number of hydrogen-bond donors (Lipinski definition) is 1. The largest absolute Gasteiger partial charge is 0.313 e. The molecular weight excluding hydrogens is 238 g/mol. The molecule has 90 valence electrons. The van der Waals surface area contributed by atoms with Crippen LogP contribution in [0.2, 0.25) is 0 Å². The first-order chi connectivity index (χ1) is 7.90. The molecule has 1 aliphatic carbocycles. The van der Waals surface area contributed by atoms with Gasteiger partial charge < -0.3 is 5.32 Å². The molecule has 1 N–H and O–H groups in total. The molecular formula is C11H19N3S2. The van der Waals surface area contributed by atoms with E-state index in [4.69, 9.17) is 0 Å². The van der Waals surface area contributed by atoms with Crippen LogP contribution in [0.15, 0.2) is 10.7 Å². The lowest BCUT2D eigenvalue weighted by molar-refractivity contribution is 0.384. The molecule has 3 nitrogen and oxygen atoms in total. The van der Waals surface area contributed by atoms with E-state index in [9.17, 15) is 0 Å². The number of aromatic nitrogens is 2. The predicted molar refractivity (Wildman–Crippen MR) is 70.1 cm³/mol. The highest BCUT2D eigenvalue weighted by molar-refractivity contribution is 8.01. The van der Waals surface area contributed by atoms with Gasteiger partial charge in [-0.05, 0) is 37.3 Å². The summed E-state index contributed by atoms with van der Waals surface area (Å²) < 4.78 is 5.18. The van der Waals surface area contributed by atoms with Gasteiger partial charge in [0.25, 0.3) is 0 Å². The smallest absolute Gasteiger partial charge is 0.170 e. The first-order valence-corrected chi connectivity index (χ1v) is 7.72. The van der Waals surface area contributed by atoms with Gasteiger partial charge in [-0.3, -0.25) is 0 Å². The molecule has 2 rings (SSSR count). The first kappa shape index (κ1) is 12.3. The zero-order valence-electron chi connectivity index (χ0n) is 9.69. The van der Waals surface area contributed by atoms with Crippen molar-refractivity contribution in [3.63, 3.8) is 0 Å². The topological polar surface area (TPSA) is 37.8 Å². The molecule has 1 heterocycles. The molecule has 1 aliphatic rings. The predicted octanol–water partition coefficient (Wildman–Crippen LogP) is 2.94. The molecule has 0 bridgehead atoms. The second-order valence-corrected chi connectivity index (χ2v) is 6.47. The SMILES string of the molecule is CCCNC1CCCCC1Sc1ncns1. The number of thioether (sulfide) groups is 1.